The quantitative estimate of drug-likeness (QED) is 0.153. The van der Waals surface area contributed by atoms with Gasteiger partial charge < -0.3 is 8.98 Å². The molecule has 0 fully saturated rings. The fourth-order valence-electron chi connectivity index (χ4n) is 9.63. The molecule has 0 bridgehead atoms. The molecule has 318 valence electrons. The molecule has 0 aliphatic carbocycles. The molecule has 3 aromatic heterocycles. The third kappa shape index (κ3) is 7.02. The maximum atomic E-state index is 6.60. The van der Waals surface area contributed by atoms with E-state index in [2.05, 4.69) is 223 Å². The molecule has 0 aliphatic heterocycles. The molecule has 0 N–H and O–H groups in total. The summed E-state index contributed by atoms with van der Waals surface area (Å²) in [6.07, 6.45) is 0. The van der Waals surface area contributed by atoms with Crippen molar-refractivity contribution in [1.82, 2.24) is 19.5 Å². The molecule has 13 aromatic rings. The summed E-state index contributed by atoms with van der Waals surface area (Å²) in [5.41, 5.74) is 17.0. The summed E-state index contributed by atoms with van der Waals surface area (Å²) >= 11 is 0. The molecular formula is C63H40N4O. The van der Waals surface area contributed by atoms with Crippen LogP contribution in [0.2, 0.25) is 0 Å². The van der Waals surface area contributed by atoms with Crippen LogP contribution in [0.25, 0.3) is 128 Å². The Bertz CT molecular complexity index is 3890. The van der Waals surface area contributed by atoms with Crippen LogP contribution in [0, 0.1) is 0 Å². The van der Waals surface area contributed by atoms with Crippen LogP contribution in [0.5, 0.6) is 0 Å². The summed E-state index contributed by atoms with van der Waals surface area (Å²) in [7, 11) is 0. The second-order valence-electron chi connectivity index (χ2n) is 17.2. The standard InChI is InChI=1S/C63H40N4O/c1-4-13-41(14-5-1)44-23-27-46(28-24-44)61-64-62(47-29-25-45(26-30-47)42-15-6-2-7-16-42)66-63(65-61)51-33-36-59-56(39-51)54-34-31-50(40-60(54)68-59)49-32-35-58-55(38-49)53-21-10-11-22-57(53)67(58)52-20-12-19-48(37-52)43-17-8-3-9-18-43/h1-40H. The second kappa shape index (κ2) is 16.4. The first-order chi connectivity index (χ1) is 33.7. The van der Waals surface area contributed by atoms with Crippen LogP contribution in [0.15, 0.2) is 247 Å². The number of benzene rings is 10. The molecule has 3 heterocycles. The molecule has 5 nitrogen and oxygen atoms in total. The van der Waals surface area contributed by atoms with Gasteiger partial charge in [-0.1, -0.05) is 182 Å². The monoisotopic (exact) mass is 868 g/mol. The highest BCUT2D eigenvalue weighted by Crippen LogP contribution is 2.39. The fraction of sp³-hybridized carbons (Fsp3) is 0. The molecule has 0 aliphatic rings. The minimum Gasteiger partial charge on any atom is -0.456 e. The minimum atomic E-state index is 0.594. The lowest BCUT2D eigenvalue weighted by Crippen LogP contribution is -2.00. The van der Waals surface area contributed by atoms with Crippen LogP contribution in [-0.4, -0.2) is 19.5 Å². The summed E-state index contributed by atoms with van der Waals surface area (Å²) in [6, 6.07) is 85.3. The van der Waals surface area contributed by atoms with Crippen molar-refractivity contribution in [2.45, 2.75) is 0 Å². The number of fused-ring (bicyclic) bond motifs is 6. The summed E-state index contributed by atoms with van der Waals surface area (Å²) in [4.78, 5) is 15.3. The number of hydrogen-bond acceptors (Lipinski definition) is 4. The summed E-state index contributed by atoms with van der Waals surface area (Å²) in [6.45, 7) is 0. The van der Waals surface area contributed by atoms with Gasteiger partial charge in [-0.25, -0.2) is 15.0 Å². The van der Waals surface area contributed by atoms with E-state index in [-0.39, 0.29) is 0 Å². The average Bonchev–Trinajstić information content (AvgIpc) is 3.96. The van der Waals surface area contributed by atoms with Gasteiger partial charge in [0, 0.05) is 43.9 Å². The number of furan rings is 1. The van der Waals surface area contributed by atoms with E-state index in [1.165, 1.54) is 27.4 Å². The number of nitrogens with zero attached hydrogens (tertiary/aromatic N) is 4. The van der Waals surface area contributed by atoms with Gasteiger partial charge in [-0.3, -0.25) is 0 Å². The molecule has 0 saturated heterocycles. The van der Waals surface area contributed by atoms with Crippen molar-refractivity contribution in [3.05, 3.63) is 243 Å². The number of aromatic nitrogens is 4. The highest BCUT2D eigenvalue weighted by atomic mass is 16.3. The number of rotatable bonds is 8. The van der Waals surface area contributed by atoms with E-state index in [1.54, 1.807) is 0 Å². The lowest BCUT2D eigenvalue weighted by atomic mass is 10.0. The summed E-state index contributed by atoms with van der Waals surface area (Å²) < 4.78 is 8.97. The van der Waals surface area contributed by atoms with E-state index in [0.29, 0.717) is 17.5 Å². The number of para-hydroxylation sites is 1. The molecule has 10 aromatic carbocycles. The van der Waals surface area contributed by atoms with E-state index in [9.17, 15) is 0 Å². The van der Waals surface area contributed by atoms with Crippen molar-refractivity contribution in [3.8, 4) is 84.4 Å². The normalized spacial score (nSPS) is 11.5. The maximum Gasteiger partial charge on any atom is 0.164 e. The van der Waals surface area contributed by atoms with Crippen molar-refractivity contribution in [1.29, 1.82) is 0 Å². The molecule has 0 atom stereocenters. The fourth-order valence-corrected chi connectivity index (χ4v) is 9.63. The zero-order valence-electron chi connectivity index (χ0n) is 36.8. The van der Waals surface area contributed by atoms with Crippen molar-refractivity contribution < 1.29 is 4.42 Å². The van der Waals surface area contributed by atoms with E-state index in [1.807, 2.05) is 24.3 Å². The second-order valence-corrected chi connectivity index (χ2v) is 17.2. The Hall–Kier alpha value is -9.19. The zero-order valence-corrected chi connectivity index (χ0v) is 36.8. The molecular weight excluding hydrogens is 829 g/mol. The lowest BCUT2D eigenvalue weighted by molar-refractivity contribution is 0.669. The van der Waals surface area contributed by atoms with Gasteiger partial charge in [-0.05, 0) is 105 Å². The third-order valence-electron chi connectivity index (χ3n) is 13.1. The number of hydrogen-bond donors (Lipinski definition) is 0. The van der Waals surface area contributed by atoms with Crippen LogP contribution >= 0.6 is 0 Å². The van der Waals surface area contributed by atoms with Crippen LogP contribution in [0.3, 0.4) is 0 Å². The van der Waals surface area contributed by atoms with Crippen LogP contribution < -0.4 is 0 Å². The Kier molecular flexibility index (Phi) is 9.43. The van der Waals surface area contributed by atoms with Gasteiger partial charge in [0.15, 0.2) is 17.5 Å². The van der Waals surface area contributed by atoms with Crippen molar-refractivity contribution in [3.63, 3.8) is 0 Å². The van der Waals surface area contributed by atoms with Crippen molar-refractivity contribution in [2.24, 2.45) is 0 Å². The Labute approximate surface area is 392 Å². The van der Waals surface area contributed by atoms with Crippen molar-refractivity contribution in [2.75, 3.05) is 0 Å². The molecule has 5 heteroatoms. The zero-order chi connectivity index (χ0) is 45.0. The van der Waals surface area contributed by atoms with Gasteiger partial charge in [-0.2, -0.15) is 0 Å². The SMILES string of the molecule is c1ccc(-c2ccc(-c3nc(-c4ccc(-c5ccccc5)cc4)nc(-c4ccc5oc6cc(-c7ccc8c(c7)c7ccccc7n8-c7cccc(-c8ccccc8)c7)ccc6c5c4)n3)cc2)cc1. The van der Waals surface area contributed by atoms with Gasteiger partial charge in [0.05, 0.1) is 11.0 Å². The van der Waals surface area contributed by atoms with Gasteiger partial charge in [0.25, 0.3) is 0 Å². The van der Waals surface area contributed by atoms with Crippen molar-refractivity contribution >= 4 is 43.7 Å². The molecule has 0 spiro atoms. The lowest BCUT2D eigenvalue weighted by Gasteiger charge is -2.11. The predicted molar refractivity (Wildman–Crippen MR) is 279 cm³/mol. The first-order valence-electron chi connectivity index (χ1n) is 22.9. The molecule has 0 unspecified atom stereocenters. The van der Waals surface area contributed by atoms with E-state index in [0.717, 1.165) is 83.2 Å². The Morgan fingerprint density at radius 1 is 0.250 bits per heavy atom. The maximum absolute atomic E-state index is 6.60. The first kappa shape index (κ1) is 39.2. The minimum absolute atomic E-state index is 0.594. The van der Waals surface area contributed by atoms with Crippen LogP contribution in [0.1, 0.15) is 0 Å². The first-order valence-corrected chi connectivity index (χ1v) is 22.9. The van der Waals surface area contributed by atoms with E-state index < -0.39 is 0 Å². The Morgan fingerprint density at radius 2 is 0.691 bits per heavy atom. The third-order valence-corrected chi connectivity index (χ3v) is 13.1. The average molecular weight is 869 g/mol. The van der Waals surface area contributed by atoms with Gasteiger partial charge >= 0.3 is 0 Å². The van der Waals surface area contributed by atoms with E-state index in [4.69, 9.17) is 19.4 Å². The molecule has 0 radical (unpaired) electrons. The molecule has 68 heavy (non-hydrogen) atoms. The van der Waals surface area contributed by atoms with Crippen LogP contribution in [0.4, 0.5) is 0 Å². The largest absolute Gasteiger partial charge is 0.456 e. The molecule has 0 saturated carbocycles. The van der Waals surface area contributed by atoms with Gasteiger partial charge in [-0.15, -0.1) is 0 Å². The summed E-state index contributed by atoms with van der Waals surface area (Å²) in [5, 5.41) is 4.45. The molecule has 0 amide bonds. The van der Waals surface area contributed by atoms with Crippen LogP contribution in [-0.2, 0) is 0 Å². The topological polar surface area (TPSA) is 56.7 Å². The Balaban J connectivity index is 0.875. The van der Waals surface area contributed by atoms with Gasteiger partial charge in [0.2, 0.25) is 0 Å². The van der Waals surface area contributed by atoms with Gasteiger partial charge in [0.1, 0.15) is 11.2 Å². The predicted octanol–water partition coefficient (Wildman–Crippen LogP) is 16.5. The highest BCUT2D eigenvalue weighted by Gasteiger charge is 2.18. The smallest absolute Gasteiger partial charge is 0.164 e. The summed E-state index contributed by atoms with van der Waals surface area (Å²) in [5.74, 6) is 1.81. The Morgan fingerprint density at radius 3 is 1.34 bits per heavy atom. The highest BCUT2D eigenvalue weighted by molar-refractivity contribution is 6.11. The molecule has 13 rings (SSSR count). The van der Waals surface area contributed by atoms with E-state index >= 15 is 0 Å².